The van der Waals surface area contributed by atoms with E-state index < -0.39 is 6.10 Å². The zero-order chi connectivity index (χ0) is 18.8. The molecule has 1 aromatic carbocycles. The van der Waals surface area contributed by atoms with Crippen LogP contribution in [0.2, 0.25) is 0 Å². The van der Waals surface area contributed by atoms with Crippen LogP contribution in [0.25, 0.3) is 10.9 Å². The quantitative estimate of drug-likeness (QED) is 0.548. The molecule has 7 nitrogen and oxygen atoms in total. The van der Waals surface area contributed by atoms with Gasteiger partial charge in [0.1, 0.15) is 11.6 Å². The molecule has 0 aliphatic heterocycles. The van der Waals surface area contributed by atoms with E-state index in [1.807, 2.05) is 18.2 Å². The Morgan fingerprint density at radius 1 is 1.19 bits per heavy atom. The van der Waals surface area contributed by atoms with Gasteiger partial charge in [-0.15, -0.1) is 0 Å². The van der Waals surface area contributed by atoms with E-state index in [1.165, 1.54) is 6.07 Å². The van der Waals surface area contributed by atoms with E-state index in [4.69, 9.17) is 0 Å². The van der Waals surface area contributed by atoms with Crippen LogP contribution in [-0.2, 0) is 13.1 Å². The minimum atomic E-state index is -0.472. The molecule has 0 bridgehead atoms. The van der Waals surface area contributed by atoms with E-state index in [-0.39, 0.29) is 5.82 Å². The maximum Gasteiger partial charge on any atom is 0.153 e. The fourth-order valence-corrected chi connectivity index (χ4v) is 2.89. The van der Waals surface area contributed by atoms with Crippen molar-refractivity contribution in [2.24, 2.45) is 0 Å². The molecule has 0 fully saturated rings. The zero-order valence-electron chi connectivity index (χ0n) is 14.7. The molecular weight excluding hydrogens is 347 g/mol. The van der Waals surface area contributed by atoms with Gasteiger partial charge in [-0.3, -0.25) is 9.36 Å². The molecule has 0 amide bonds. The van der Waals surface area contributed by atoms with Gasteiger partial charge in [0.25, 0.3) is 0 Å². The third kappa shape index (κ3) is 3.80. The number of hydrogen-bond donors (Lipinski definition) is 2. The lowest BCUT2D eigenvalue weighted by molar-refractivity contribution is 0.168. The summed E-state index contributed by atoms with van der Waals surface area (Å²) >= 11 is 0. The molecule has 0 unspecified atom stereocenters. The monoisotopic (exact) mass is 366 g/mol. The van der Waals surface area contributed by atoms with Crippen LogP contribution >= 0.6 is 0 Å². The number of fused-ring (bicyclic) bond motifs is 1. The lowest BCUT2D eigenvalue weighted by Gasteiger charge is -2.07. The fourth-order valence-electron chi connectivity index (χ4n) is 2.89. The van der Waals surface area contributed by atoms with Gasteiger partial charge in [0.05, 0.1) is 30.9 Å². The molecule has 0 aliphatic rings. The maximum absolute atomic E-state index is 13.9. The first kappa shape index (κ1) is 17.2. The van der Waals surface area contributed by atoms with Gasteiger partial charge >= 0.3 is 0 Å². The van der Waals surface area contributed by atoms with Crippen LogP contribution in [0, 0.1) is 5.82 Å². The lowest BCUT2D eigenvalue weighted by Crippen LogP contribution is -2.12. The van der Waals surface area contributed by atoms with Crippen molar-refractivity contribution in [2.75, 3.05) is 5.32 Å². The smallest absolute Gasteiger partial charge is 0.153 e. The molecule has 3 aromatic heterocycles. The Bertz CT molecular complexity index is 1070. The zero-order valence-corrected chi connectivity index (χ0v) is 14.7. The summed E-state index contributed by atoms with van der Waals surface area (Å²) < 4.78 is 17.4. The summed E-state index contributed by atoms with van der Waals surface area (Å²) in [6.07, 6.45) is 4.75. The van der Waals surface area contributed by atoms with Gasteiger partial charge in [-0.25, -0.2) is 9.37 Å². The number of rotatable bonds is 6. The molecule has 0 aliphatic carbocycles. The molecule has 2 N–H and O–H groups in total. The van der Waals surface area contributed by atoms with Gasteiger partial charge in [-0.1, -0.05) is 18.2 Å². The third-order valence-corrected chi connectivity index (χ3v) is 4.15. The number of pyridine rings is 1. The molecule has 4 aromatic rings. The highest BCUT2D eigenvalue weighted by Crippen LogP contribution is 2.20. The molecule has 0 radical (unpaired) electrons. The molecule has 8 heteroatoms. The van der Waals surface area contributed by atoms with E-state index in [2.05, 4.69) is 20.5 Å². The Labute approximate surface area is 155 Å². The van der Waals surface area contributed by atoms with Crippen molar-refractivity contribution < 1.29 is 9.50 Å². The van der Waals surface area contributed by atoms with Gasteiger partial charge in [-0.2, -0.15) is 10.2 Å². The van der Waals surface area contributed by atoms with Gasteiger partial charge in [0.2, 0.25) is 0 Å². The molecular formula is C19H19FN6O. The van der Waals surface area contributed by atoms with Crippen molar-refractivity contribution in [1.82, 2.24) is 24.5 Å². The average Bonchev–Trinajstić information content (AvgIpc) is 3.23. The van der Waals surface area contributed by atoms with Crippen molar-refractivity contribution in [3.05, 3.63) is 66.4 Å². The predicted octanol–water partition coefficient (Wildman–Crippen LogP) is 2.94. The van der Waals surface area contributed by atoms with Crippen LogP contribution in [0.3, 0.4) is 0 Å². The lowest BCUT2D eigenvalue weighted by atomic mass is 10.2. The van der Waals surface area contributed by atoms with Gasteiger partial charge in [-0.05, 0) is 13.0 Å². The Hall–Kier alpha value is -3.26. The maximum atomic E-state index is 13.9. The molecule has 0 saturated carbocycles. The van der Waals surface area contributed by atoms with Gasteiger partial charge < -0.3 is 10.4 Å². The molecule has 3 heterocycles. The molecule has 0 saturated heterocycles. The Balaban J connectivity index is 1.58. The molecule has 0 spiro atoms. The second-order valence-corrected chi connectivity index (χ2v) is 6.42. The number of hydrogen-bond acceptors (Lipinski definition) is 5. The van der Waals surface area contributed by atoms with Crippen molar-refractivity contribution in [3.63, 3.8) is 0 Å². The summed E-state index contributed by atoms with van der Waals surface area (Å²) in [5.41, 5.74) is 1.42. The summed E-state index contributed by atoms with van der Waals surface area (Å²) in [4.78, 5) is 4.37. The van der Waals surface area contributed by atoms with Gasteiger partial charge in [0, 0.05) is 35.5 Å². The summed E-state index contributed by atoms with van der Waals surface area (Å²) in [5.74, 6) is 0.986. The SMILES string of the molecule is C[C@H](O)Cn1ccc(Nc2cc3c(cn2)cnn3Cc2ccccc2F)n1. The predicted molar refractivity (Wildman–Crippen MR) is 100 cm³/mol. The number of nitrogens with one attached hydrogen (secondary N) is 1. The van der Waals surface area contributed by atoms with Crippen LogP contribution in [0.1, 0.15) is 12.5 Å². The summed E-state index contributed by atoms with van der Waals surface area (Å²) in [7, 11) is 0. The third-order valence-electron chi connectivity index (χ3n) is 4.15. The van der Waals surface area contributed by atoms with Crippen LogP contribution in [0.15, 0.2) is 55.0 Å². The van der Waals surface area contributed by atoms with E-state index in [0.717, 1.165) is 10.9 Å². The molecule has 4 rings (SSSR count). The normalized spacial score (nSPS) is 12.4. The van der Waals surface area contributed by atoms with E-state index >= 15 is 0 Å². The number of halogens is 1. The summed E-state index contributed by atoms with van der Waals surface area (Å²) in [5, 5.41) is 22.2. The van der Waals surface area contributed by atoms with E-state index in [1.54, 1.807) is 47.0 Å². The van der Waals surface area contributed by atoms with Crippen LogP contribution in [-0.4, -0.2) is 35.8 Å². The molecule has 1 atom stereocenters. The number of benzene rings is 1. The number of aliphatic hydroxyl groups is 1. The average molecular weight is 366 g/mol. The van der Waals surface area contributed by atoms with Crippen molar-refractivity contribution in [2.45, 2.75) is 26.1 Å². The summed E-state index contributed by atoms with van der Waals surface area (Å²) in [6, 6.07) is 10.3. The number of aromatic nitrogens is 5. The Morgan fingerprint density at radius 3 is 2.85 bits per heavy atom. The van der Waals surface area contributed by atoms with Crippen LogP contribution in [0.4, 0.5) is 16.0 Å². The Morgan fingerprint density at radius 2 is 2.04 bits per heavy atom. The van der Waals surface area contributed by atoms with Gasteiger partial charge in [0.15, 0.2) is 5.82 Å². The van der Waals surface area contributed by atoms with Crippen molar-refractivity contribution in [3.8, 4) is 0 Å². The highest BCUT2D eigenvalue weighted by molar-refractivity contribution is 5.80. The molecule has 138 valence electrons. The van der Waals surface area contributed by atoms with Crippen molar-refractivity contribution >= 4 is 22.5 Å². The minimum absolute atomic E-state index is 0.253. The largest absolute Gasteiger partial charge is 0.391 e. The first-order valence-electron chi connectivity index (χ1n) is 8.62. The minimum Gasteiger partial charge on any atom is -0.391 e. The van der Waals surface area contributed by atoms with Crippen molar-refractivity contribution in [1.29, 1.82) is 0 Å². The van der Waals surface area contributed by atoms with E-state index in [9.17, 15) is 9.50 Å². The second-order valence-electron chi connectivity index (χ2n) is 6.42. The number of nitrogens with zero attached hydrogens (tertiary/aromatic N) is 5. The van der Waals surface area contributed by atoms with Crippen LogP contribution < -0.4 is 5.32 Å². The number of anilines is 2. The highest BCUT2D eigenvalue weighted by atomic mass is 19.1. The first-order chi connectivity index (χ1) is 13.1. The first-order valence-corrected chi connectivity index (χ1v) is 8.62. The second kappa shape index (κ2) is 7.16. The van der Waals surface area contributed by atoms with E-state index in [0.29, 0.717) is 30.3 Å². The standard InChI is InChI=1S/C19H19FN6O/c1-13(27)11-25-7-6-18(24-25)23-19-8-17-15(9-21-19)10-22-26(17)12-14-4-2-3-5-16(14)20/h2-10,13,27H,11-12H2,1H3,(H,21,23,24)/t13-/m0/s1. The summed E-state index contributed by atoms with van der Waals surface area (Å²) in [6.45, 7) is 2.47. The Kier molecular flexibility index (Phi) is 4.55. The highest BCUT2D eigenvalue weighted by Gasteiger charge is 2.09. The number of aliphatic hydroxyl groups excluding tert-OH is 1. The topological polar surface area (TPSA) is 80.8 Å². The molecule has 27 heavy (non-hydrogen) atoms. The fraction of sp³-hybridized carbons (Fsp3) is 0.211. The van der Waals surface area contributed by atoms with Crippen LogP contribution in [0.5, 0.6) is 0 Å².